The second-order valence-electron chi connectivity index (χ2n) is 4.93. The third-order valence-corrected chi connectivity index (χ3v) is 3.26. The summed E-state index contributed by atoms with van der Waals surface area (Å²) in [6.07, 6.45) is 2.07. The van der Waals surface area contributed by atoms with Crippen molar-refractivity contribution in [3.05, 3.63) is 52.8 Å². The molecule has 18 heavy (non-hydrogen) atoms. The van der Waals surface area contributed by atoms with E-state index in [0.717, 1.165) is 12.2 Å². The molecule has 0 fully saturated rings. The van der Waals surface area contributed by atoms with Crippen LogP contribution in [0.25, 0.3) is 0 Å². The van der Waals surface area contributed by atoms with Crippen LogP contribution in [0, 0.1) is 13.8 Å². The molecule has 1 heterocycles. The predicted molar refractivity (Wildman–Crippen MR) is 74.4 cm³/mol. The van der Waals surface area contributed by atoms with Crippen LogP contribution in [0.15, 0.2) is 30.5 Å². The van der Waals surface area contributed by atoms with Crippen molar-refractivity contribution in [2.24, 2.45) is 7.05 Å². The summed E-state index contributed by atoms with van der Waals surface area (Å²) in [7, 11) is 1.96. The first-order valence-electron chi connectivity index (χ1n) is 6.35. The summed E-state index contributed by atoms with van der Waals surface area (Å²) in [4.78, 5) is 0. The SMILES string of the molecule is Cc1cccc([C@H](C)NCc2cn(C)nc2C)c1. The van der Waals surface area contributed by atoms with Gasteiger partial charge in [-0.3, -0.25) is 4.68 Å². The zero-order chi connectivity index (χ0) is 13.1. The summed E-state index contributed by atoms with van der Waals surface area (Å²) < 4.78 is 1.86. The summed E-state index contributed by atoms with van der Waals surface area (Å²) in [6, 6.07) is 8.98. The first kappa shape index (κ1) is 12.8. The number of nitrogens with one attached hydrogen (secondary N) is 1. The van der Waals surface area contributed by atoms with E-state index in [1.54, 1.807) is 0 Å². The highest BCUT2D eigenvalue weighted by atomic mass is 15.2. The first-order valence-corrected chi connectivity index (χ1v) is 6.35. The Balaban J connectivity index is 2.00. The number of hydrogen-bond donors (Lipinski definition) is 1. The Kier molecular flexibility index (Phi) is 3.82. The van der Waals surface area contributed by atoms with Crippen molar-refractivity contribution in [1.82, 2.24) is 15.1 Å². The van der Waals surface area contributed by atoms with Gasteiger partial charge < -0.3 is 5.32 Å². The number of rotatable bonds is 4. The lowest BCUT2D eigenvalue weighted by atomic mass is 10.1. The van der Waals surface area contributed by atoms with Gasteiger partial charge in [-0.1, -0.05) is 29.8 Å². The fourth-order valence-corrected chi connectivity index (χ4v) is 2.14. The average molecular weight is 243 g/mol. The molecule has 0 saturated heterocycles. The number of nitrogens with zero attached hydrogens (tertiary/aromatic N) is 2. The van der Waals surface area contributed by atoms with Crippen molar-refractivity contribution in [1.29, 1.82) is 0 Å². The van der Waals surface area contributed by atoms with E-state index in [1.165, 1.54) is 16.7 Å². The molecule has 2 rings (SSSR count). The van der Waals surface area contributed by atoms with E-state index in [4.69, 9.17) is 0 Å². The third kappa shape index (κ3) is 2.99. The molecule has 0 radical (unpaired) electrons. The highest BCUT2D eigenvalue weighted by Gasteiger charge is 2.07. The van der Waals surface area contributed by atoms with Crippen LogP contribution in [0.1, 0.15) is 35.3 Å². The van der Waals surface area contributed by atoms with Gasteiger partial charge in [0.15, 0.2) is 0 Å². The molecule has 0 aliphatic heterocycles. The van der Waals surface area contributed by atoms with Crippen molar-refractivity contribution in [3.63, 3.8) is 0 Å². The third-order valence-electron chi connectivity index (χ3n) is 3.26. The van der Waals surface area contributed by atoms with Crippen molar-refractivity contribution in [2.75, 3.05) is 0 Å². The lowest BCUT2D eigenvalue weighted by molar-refractivity contribution is 0.573. The average Bonchev–Trinajstić information content (AvgIpc) is 2.65. The van der Waals surface area contributed by atoms with Crippen LogP contribution in [-0.2, 0) is 13.6 Å². The summed E-state index contributed by atoms with van der Waals surface area (Å²) in [5.74, 6) is 0. The molecule has 3 nitrogen and oxygen atoms in total. The molecule has 1 aromatic carbocycles. The van der Waals surface area contributed by atoms with E-state index >= 15 is 0 Å². The monoisotopic (exact) mass is 243 g/mol. The molecular weight excluding hydrogens is 222 g/mol. The molecule has 1 atom stereocenters. The van der Waals surface area contributed by atoms with Crippen molar-refractivity contribution in [2.45, 2.75) is 33.4 Å². The highest BCUT2D eigenvalue weighted by Crippen LogP contribution is 2.15. The Morgan fingerprint density at radius 2 is 2.11 bits per heavy atom. The van der Waals surface area contributed by atoms with Gasteiger partial charge in [-0.15, -0.1) is 0 Å². The molecule has 0 bridgehead atoms. The van der Waals surface area contributed by atoms with Crippen LogP contribution in [0.5, 0.6) is 0 Å². The molecule has 0 aliphatic rings. The maximum absolute atomic E-state index is 4.35. The van der Waals surface area contributed by atoms with Crippen LogP contribution in [0.3, 0.4) is 0 Å². The molecule has 0 spiro atoms. The number of aromatic nitrogens is 2. The second kappa shape index (κ2) is 5.36. The van der Waals surface area contributed by atoms with Crippen LogP contribution < -0.4 is 5.32 Å². The second-order valence-corrected chi connectivity index (χ2v) is 4.93. The molecule has 0 unspecified atom stereocenters. The van der Waals surface area contributed by atoms with E-state index < -0.39 is 0 Å². The summed E-state index contributed by atoms with van der Waals surface area (Å²) in [6.45, 7) is 7.23. The maximum atomic E-state index is 4.35. The zero-order valence-electron chi connectivity index (χ0n) is 11.6. The number of hydrogen-bond acceptors (Lipinski definition) is 2. The minimum atomic E-state index is 0.351. The minimum Gasteiger partial charge on any atom is -0.306 e. The van der Waals surface area contributed by atoms with Gasteiger partial charge in [-0.25, -0.2) is 0 Å². The molecule has 96 valence electrons. The molecular formula is C15H21N3. The minimum absolute atomic E-state index is 0.351. The first-order chi connectivity index (χ1) is 8.56. The van der Waals surface area contributed by atoms with Gasteiger partial charge in [0.2, 0.25) is 0 Å². The van der Waals surface area contributed by atoms with Gasteiger partial charge in [0, 0.05) is 31.4 Å². The summed E-state index contributed by atoms with van der Waals surface area (Å²) >= 11 is 0. The van der Waals surface area contributed by atoms with Gasteiger partial charge in [0.05, 0.1) is 5.69 Å². The van der Waals surface area contributed by atoms with Crippen LogP contribution >= 0.6 is 0 Å². The van der Waals surface area contributed by atoms with E-state index in [2.05, 4.69) is 54.7 Å². The van der Waals surface area contributed by atoms with E-state index in [1.807, 2.05) is 18.7 Å². The largest absolute Gasteiger partial charge is 0.306 e. The molecule has 0 amide bonds. The summed E-state index contributed by atoms with van der Waals surface area (Å²) in [5.41, 5.74) is 4.99. The lowest BCUT2D eigenvalue weighted by Gasteiger charge is -2.14. The Morgan fingerprint density at radius 1 is 1.33 bits per heavy atom. The number of aryl methyl sites for hydroxylation is 3. The smallest absolute Gasteiger partial charge is 0.0638 e. The van der Waals surface area contributed by atoms with E-state index in [0.29, 0.717) is 6.04 Å². The Hall–Kier alpha value is -1.61. The zero-order valence-corrected chi connectivity index (χ0v) is 11.6. The van der Waals surface area contributed by atoms with Gasteiger partial charge >= 0.3 is 0 Å². The van der Waals surface area contributed by atoms with Crippen LogP contribution in [0.4, 0.5) is 0 Å². The van der Waals surface area contributed by atoms with Gasteiger partial charge in [0.1, 0.15) is 0 Å². The van der Waals surface area contributed by atoms with Crippen LogP contribution in [-0.4, -0.2) is 9.78 Å². The van der Waals surface area contributed by atoms with Crippen molar-refractivity contribution >= 4 is 0 Å². The maximum Gasteiger partial charge on any atom is 0.0638 e. The van der Waals surface area contributed by atoms with Crippen LogP contribution in [0.2, 0.25) is 0 Å². The van der Waals surface area contributed by atoms with Gasteiger partial charge in [-0.2, -0.15) is 5.10 Å². The van der Waals surface area contributed by atoms with Gasteiger partial charge in [-0.05, 0) is 26.3 Å². The Labute approximate surface area is 109 Å². The summed E-state index contributed by atoms with van der Waals surface area (Å²) in [5, 5.41) is 7.90. The predicted octanol–water partition coefficient (Wildman–Crippen LogP) is 2.89. The topological polar surface area (TPSA) is 29.9 Å². The molecule has 2 aromatic rings. The van der Waals surface area contributed by atoms with Crippen molar-refractivity contribution in [3.8, 4) is 0 Å². The fourth-order valence-electron chi connectivity index (χ4n) is 2.14. The van der Waals surface area contributed by atoms with Crippen molar-refractivity contribution < 1.29 is 0 Å². The highest BCUT2D eigenvalue weighted by molar-refractivity contribution is 5.25. The molecule has 3 heteroatoms. The molecule has 0 aliphatic carbocycles. The molecule has 0 saturated carbocycles. The fraction of sp³-hybridized carbons (Fsp3) is 0.400. The van der Waals surface area contributed by atoms with Gasteiger partial charge in [0.25, 0.3) is 0 Å². The Bertz CT molecular complexity index is 528. The standard InChI is InChI=1S/C15H21N3/c1-11-6-5-7-14(8-11)12(2)16-9-15-10-18(4)17-13(15)3/h5-8,10,12,16H,9H2,1-4H3/t12-/m0/s1. The quantitative estimate of drug-likeness (QED) is 0.895. The Morgan fingerprint density at radius 3 is 2.72 bits per heavy atom. The molecule has 1 aromatic heterocycles. The molecule has 1 N–H and O–H groups in total. The van der Waals surface area contributed by atoms with E-state index in [-0.39, 0.29) is 0 Å². The normalized spacial score (nSPS) is 12.7. The van der Waals surface area contributed by atoms with E-state index in [9.17, 15) is 0 Å². The number of benzene rings is 1. The lowest BCUT2D eigenvalue weighted by Crippen LogP contribution is -2.18.